The second-order valence-electron chi connectivity index (χ2n) is 3.50. The number of allylic oxidation sites excluding steroid dienone is 1. The van der Waals surface area contributed by atoms with E-state index in [1.54, 1.807) is 0 Å². The standard InChI is InChI=1S/C11H19N3/c1-4-6-7-10(12)11-8-9(3)13-14(11)5-2/h4,8,10H,1,5-7,12H2,2-3H3. The molecule has 78 valence electrons. The lowest BCUT2D eigenvalue weighted by Gasteiger charge is -2.11. The molecule has 1 rings (SSSR count). The summed E-state index contributed by atoms with van der Waals surface area (Å²) >= 11 is 0. The van der Waals surface area contributed by atoms with Gasteiger partial charge in [0, 0.05) is 12.6 Å². The first-order valence-corrected chi connectivity index (χ1v) is 5.09. The Labute approximate surface area is 85.6 Å². The summed E-state index contributed by atoms with van der Waals surface area (Å²) in [7, 11) is 0. The molecular formula is C11H19N3. The number of aryl methyl sites for hydroxylation is 2. The third-order valence-electron chi connectivity index (χ3n) is 2.29. The Morgan fingerprint density at radius 3 is 3.00 bits per heavy atom. The van der Waals surface area contributed by atoms with Gasteiger partial charge in [-0.1, -0.05) is 6.08 Å². The normalized spacial score (nSPS) is 12.8. The molecule has 1 heterocycles. The summed E-state index contributed by atoms with van der Waals surface area (Å²) in [6.45, 7) is 8.65. The van der Waals surface area contributed by atoms with Crippen LogP contribution in [0.4, 0.5) is 0 Å². The maximum atomic E-state index is 6.06. The Morgan fingerprint density at radius 1 is 1.71 bits per heavy atom. The van der Waals surface area contributed by atoms with Crippen molar-refractivity contribution in [3.8, 4) is 0 Å². The zero-order valence-electron chi connectivity index (χ0n) is 9.03. The van der Waals surface area contributed by atoms with E-state index >= 15 is 0 Å². The lowest BCUT2D eigenvalue weighted by Crippen LogP contribution is -2.15. The maximum Gasteiger partial charge on any atom is 0.0597 e. The predicted octanol–water partition coefficient (Wildman–Crippen LogP) is 2.18. The van der Waals surface area contributed by atoms with Gasteiger partial charge in [-0.05, 0) is 32.8 Å². The quantitative estimate of drug-likeness (QED) is 0.728. The molecule has 0 aromatic carbocycles. The van der Waals surface area contributed by atoms with E-state index in [1.807, 2.05) is 17.7 Å². The molecule has 0 radical (unpaired) electrons. The van der Waals surface area contributed by atoms with Crippen LogP contribution in [0.3, 0.4) is 0 Å². The average molecular weight is 193 g/mol. The summed E-state index contributed by atoms with van der Waals surface area (Å²) in [4.78, 5) is 0. The van der Waals surface area contributed by atoms with Crippen molar-refractivity contribution in [2.45, 2.75) is 39.3 Å². The van der Waals surface area contributed by atoms with E-state index in [4.69, 9.17) is 5.73 Å². The molecule has 0 aliphatic heterocycles. The van der Waals surface area contributed by atoms with Gasteiger partial charge in [0.25, 0.3) is 0 Å². The van der Waals surface area contributed by atoms with Crippen LogP contribution < -0.4 is 5.73 Å². The minimum Gasteiger partial charge on any atom is -0.323 e. The molecule has 0 bridgehead atoms. The Bertz CT molecular complexity index is 301. The predicted molar refractivity (Wildman–Crippen MR) is 59.0 cm³/mol. The molecule has 1 atom stereocenters. The maximum absolute atomic E-state index is 6.06. The number of nitrogens with two attached hydrogens (primary N) is 1. The zero-order valence-corrected chi connectivity index (χ0v) is 9.03. The highest BCUT2D eigenvalue weighted by atomic mass is 15.3. The van der Waals surface area contributed by atoms with Crippen LogP contribution in [0.25, 0.3) is 0 Å². The van der Waals surface area contributed by atoms with E-state index in [0.29, 0.717) is 0 Å². The molecule has 2 N–H and O–H groups in total. The molecule has 0 fully saturated rings. The minimum atomic E-state index is 0.0779. The molecule has 0 spiro atoms. The highest BCUT2D eigenvalue weighted by Gasteiger charge is 2.11. The van der Waals surface area contributed by atoms with Crippen molar-refractivity contribution in [1.82, 2.24) is 9.78 Å². The number of rotatable bonds is 5. The van der Waals surface area contributed by atoms with Crippen LogP contribution in [-0.4, -0.2) is 9.78 Å². The molecule has 0 aliphatic rings. The van der Waals surface area contributed by atoms with Gasteiger partial charge in [-0.15, -0.1) is 6.58 Å². The van der Waals surface area contributed by atoms with E-state index in [-0.39, 0.29) is 6.04 Å². The summed E-state index contributed by atoms with van der Waals surface area (Å²) in [5.74, 6) is 0. The van der Waals surface area contributed by atoms with Crippen LogP contribution in [0.2, 0.25) is 0 Å². The smallest absolute Gasteiger partial charge is 0.0597 e. The summed E-state index contributed by atoms with van der Waals surface area (Å²) in [6.07, 6.45) is 3.79. The number of hydrogen-bond donors (Lipinski definition) is 1. The number of nitrogens with zero attached hydrogens (tertiary/aromatic N) is 2. The average Bonchev–Trinajstić information content (AvgIpc) is 2.56. The van der Waals surface area contributed by atoms with E-state index in [9.17, 15) is 0 Å². The van der Waals surface area contributed by atoms with Gasteiger partial charge in [0.15, 0.2) is 0 Å². The first-order valence-electron chi connectivity index (χ1n) is 5.09. The van der Waals surface area contributed by atoms with E-state index in [1.165, 1.54) is 0 Å². The molecule has 3 heteroatoms. The van der Waals surface area contributed by atoms with Gasteiger partial charge in [-0.3, -0.25) is 4.68 Å². The second-order valence-corrected chi connectivity index (χ2v) is 3.50. The molecule has 0 saturated heterocycles. The molecule has 0 aliphatic carbocycles. The van der Waals surface area contributed by atoms with Crippen molar-refractivity contribution in [2.24, 2.45) is 5.73 Å². The van der Waals surface area contributed by atoms with Gasteiger partial charge in [-0.25, -0.2) is 0 Å². The highest BCUT2D eigenvalue weighted by Crippen LogP contribution is 2.17. The van der Waals surface area contributed by atoms with E-state index < -0.39 is 0 Å². The van der Waals surface area contributed by atoms with Crippen LogP contribution in [0.15, 0.2) is 18.7 Å². The third-order valence-corrected chi connectivity index (χ3v) is 2.29. The van der Waals surface area contributed by atoms with Gasteiger partial charge in [-0.2, -0.15) is 5.10 Å². The molecule has 14 heavy (non-hydrogen) atoms. The van der Waals surface area contributed by atoms with Crippen molar-refractivity contribution < 1.29 is 0 Å². The largest absolute Gasteiger partial charge is 0.323 e. The van der Waals surface area contributed by atoms with Gasteiger partial charge in [0.05, 0.1) is 11.4 Å². The lowest BCUT2D eigenvalue weighted by molar-refractivity contribution is 0.549. The fourth-order valence-electron chi connectivity index (χ4n) is 1.56. The molecule has 3 nitrogen and oxygen atoms in total. The van der Waals surface area contributed by atoms with Crippen LogP contribution in [-0.2, 0) is 6.54 Å². The summed E-state index contributed by atoms with van der Waals surface area (Å²) in [6, 6.07) is 2.14. The first-order chi connectivity index (χ1) is 6.69. The monoisotopic (exact) mass is 193 g/mol. The Balaban J connectivity index is 2.76. The van der Waals surface area contributed by atoms with Crippen molar-refractivity contribution in [1.29, 1.82) is 0 Å². The number of aromatic nitrogens is 2. The van der Waals surface area contributed by atoms with Gasteiger partial charge < -0.3 is 5.73 Å². The summed E-state index contributed by atoms with van der Waals surface area (Å²) < 4.78 is 1.98. The van der Waals surface area contributed by atoms with Crippen LogP contribution in [0, 0.1) is 6.92 Å². The second kappa shape index (κ2) is 4.96. The lowest BCUT2D eigenvalue weighted by atomic mass is 10.1. The first kappa shape index (κ1) is 11.0. The molecular weight excluding hydrogens is 174 g/mol. The highest BCUT2D eigenvalue weighted by molar-refractivity contribution is 5.12. The summed E-state index contributed by atoms with van der Waals surface area (Å²) in [5.41, 5.74) is 8.23. The molecule has 1 aromatic heterocycles. The van der Waals surface area contributed by atoms with Crippen molar-refractivity contribution in [2.75, 3.05) is 0 Å². The fourth-order valence-corrected chi connectivity index (χ4v) is 1.56. The zero-order chi connectivity index (χ0) is 10.6. The van der Waals surface area contributed by atoms with Crippen LogP contribution in [0.5, 0.6) is 0 Å². The Morgan fingerprint density at radius 2 is 2.43 bits per heavy atom. The SMILES string of the molecule is C=CCCC(N)c1cc(C)nn1CC. The van der Waals surface area contributed by atoms with Gasteiger partial charge in [0.2, 0.25) is 0 Å². The van der Waals surface area contributed by atoms with Crippen LogP contribution in [0.1, 0.15) is 37.2 Å². The molecule has 0 amide bonds. The molecule has 1 unspecified atom stereocenters. The Kier molecular flexibility index (Phi) is 3.89. The minimum absolute atomic E-state index is 0.0779. The Hall–Kier alpha value is -1.09. The topological polar surface area (TPSA) is 43.8 Å². The van der Waals surface area contributed by atoms with E-state index in [2.05, 4.69) is 24.7 Å². The van der Waals surface area contributed by atoms with Crippen molar-refractivity contribution >= 4 is 0 Å². The third kappa shape index (κ3) is 2.45. The van der Waals surface area contributed by atoms with E-state index in [0.717, 1.165) is 30.8 Å². The van der Waals surface area contributed by atoms with Crippen molar-refractivity contribution in [3.63, 3.8) is 0 Å². The van der Waals surface area contributed by atoms with Crippen molar-refractivity contribution in [3.05, 3.63) is 30.1 Å². The van der Waals surface area contributed by atoms with Crippen LogP contribution >= 0.6 is 0 Å². The fraction of sp³-hybridized carbons (Fsp3) is 0.545. The number of hydrogen-bond acceptors (Lipinski definition) is 2. The molecule has 0 saturated carbocycles. The summed E-state index contributed by atoms with van der Waals surface area (Å²) in [5, 5.41) is 4.37. The molecule has 1 aromatic rings. The van der Waals surface area contributed by atoms with Gasteiger partial charge in [0.1, 0.15) is 0 Å². The van der Waals surface area contributed by atoms with Gasteiger partial charge >= 0.3 is 0 Å².